The molecule has 1 aromatic heterocycles. The highest BCUT2D eigenvalue weighted by atomic mass is 19.4. The fourth-order valence-electron chi connectivity index (χ4n) is 2.17. The fourth-order valence-corrected chi connectivity index (χ4v) is 2.17. The molecule has 0 spiro atoms. The Morgan fingerprint density at radius 1 is 1.27 bits per heavy atom. The lowest BCUT2D eigenvalue weighted by atomic mass is 10.1. The highest BCUT2D eigenvalue weighted by Gasteiger charge is 2.36. The van der Waals surface area contributed by atoms with Gasteiger partial charge in [-0.25, -0.2) is 9.78 Å². The number of rotatable bonds is 3. The molecule has 8 heteroatoms. The first-order valence-corrected chi connectivity index (χ1v) is 6.44. The molecule has 0 radical (unpaired) electrons. The Balaban J connectivity index is 2.04. The highest BCUT2D eigenvalue weighted by molar-refractivity contribution is 5.88. The van der Waals surface area contributed by atoms with Crippen LogP contribution in [0.2, 0.25) is 0 Å². The number of nitrogens with zero attached hydrogens (tertiary/aromatic N) is 2. The minimum atomic E-state index is -4.54. The van der Waals surface area contributed by atoms with Gasteiger partial charge in [0.05, 0.1) is 24.8 Å². The van der Waals surface area contributed by atoms with Crippen LogP contribution in [0.4, 0.5) is 13.2 Å². The number of ether oxygens (including phenoxy) is 1. The van der Waals surface area contributed by atoms with E-state index in [1.165, 1.54) is 28.8 Å². The molecule has 5 nitrogen and oxygen atoms in total. The molecule has 0 unspecified atom stereocenters. The van der Waals surface area contributed by atoms with E-state index in [1.54, 1.807) is 0 Å². The van der Waals surface area contributed by atoms with Gasteiger partial charge in [-0.05, 0) is 12.1 Å². The molecule has 1 aromatic carbocycles. The molecule has 1 N–H and O–H groups in total. The molecule has 0 amide bonds. The molecular formula is C14H11F3N2O3. The molecule has 1 aliphatic heterocycles. The van der Waals surface area contributed by atoms with Crippen molar-refractivity contribution >= 4 is 5.97 Å². The number of aromatic nitrogens is 2. The zero-order chi connectivity index (χ0) is 15.9. The predicted molar refractivity (Wildman–Crippen MR) is 69.5 cm³/mol. The van der Waals surface area contributed by atoms with Crippen LogP contribution in [0.1, 0.15) is 22.1 Å². The van der Waals surface area contributed by atoms with Gasteiger partial charge in [-0.3, -0.25) is 0 Å². The summed E-state index contributed by atoms with van der Waals surface area (Å²) in [6.45, 7) is 0.654. The largest absolute Gasteiger partial charge is 0.478 e. The molecule has 2 aromatic rings. The maximum Gasteiger partial charge on any atom is 0.434 e. The van der Waals surface area contributed by atoms with Gasteiger partial charge in [-0.1, -0.05) is 12.1 Å². The Bertz CT molecular complexity index is 703. The van der Waals surface area contributed by atoms with Gasteiger partial charge in [0.25, 0.3) is 0 Å². The lowest BCUT2D eigenvalue weighted by molar-refractivity contribution is -0.141. The summed E-state index contributed by atoms with van der Waals surface area (Å²) in [5, 5.41) is 8.86. The zero-order valence-electron chi connectivity index (χ0n) is 11.2. The fraction of sp³-hybridized carbons (Fsp3) is 0.286. The van der Waals surface area contributed by atoms with E-state index in [-0.39, 0.29) is 17.4 Å². The van der Waals surface area contributed by atoms with Crippen LogP contribution in [-0.4, -0.2) is 33.8 Å². The molecule has 0 bridgehead atoms. The quantitative estimate of drug-likeness (QED) is 0.946. The molecule has 1 aliphatic rings. The smallest absolute Gasteiger partial charge is 0.434 e. The van der Waals surface area contributed by atoms with Crippen molar-refractivity contribution in [1.82, 2.24) is 9.55 Å². The van der Waals surface area contributed by atoms with Crippen molar-refractivity contribution in [3.05, 3.63) is 41.7 Å². The third kappa shape index (κ3) is 2.57. The molecule has 0 aliphatic carbocycles. The Labute approximate surface area is 123 Å². The van der Waals surface area contributed by atoms with Gasteiger partial charge in [0.15, 0.2) is 5.69 Å². The van der Waals surface area contributed by atoms with Crippen molar-refractivity contribution in [2.75, 3.05) is 13.2 Å². The van der Waals surface area contributed by atoms with Gasteiger partial charge in [0, 0.05) is 11.8 Å². The summed E-state index contributed by atoms with van der Waals surface area (Å²) in [4.78, 5) is 14.5. The number of carboxylic acids is 1. The van der Waals surface area contributed by atoms with Crippen LogP contribution in [0, 0.1) is 0 Å². The van der Waals surface area contributed by atoms with E-state index in [0.717, 1.165) is 6.20 Å². The van der Waals surface area contributed by atoms with Gasteiger partial charge >= 0.3 is 12.1 Å². The van der Waals surface area contributed by atoms with Crippen LogP contribution < -0.4 is 0 Å². The summed E-state index contributed by atoms with van der Waals surface area (Å²) in [6.07, 6.45) is -3.57. The molecule has 0 saturated carbocycles. The molecule has 1 fully saturated rings. The van der Waals surface area contributed by atoms with Gasteiger partial charge in [0.1, 0.15) is 5.82 Å². The standard InChI is InChI=1S/C14H11F3N2O3/c15-14(16,17)11-5-19(10-6-22-7-10)12(18-11)8-1-3-9(4-2-8)13(20)21/h1-5,10H,6-7H2,(H,20,21). The highest BCUT2D eigenvalue weighted by Crippen LogP contribution is 2.34. The maximum atomic E-state index is 12.9. The number of carboxylic acid groups (broad SMARTS) is 1. The van der Waals surface area contributed by atoms with Crippen LogP contribution in [0.15, 0.2) is 30.5 Å². The Morgan fingerprint density at radius 3 is 2.36 bits per heavy atom. The van der Waals surface area contributed by atoms with Crippen LogP contribution in [0.25, 0.3) is 11.4 Å². The number of benzene rings is 1. The second kappa shape index (κ2) is 5.13. The number of alkyl halides is 3. The first-order chi connectivity index (χ1) is 10.4. The van der Waals surface area contributed by atoms with E-state index < -0.39 is 17.8 Å². The van der Waals surface area contributed by atoms with E-state index in [0.29, 0.717) is 18.8 Å². The van der Waals surface area contributed by atoms with Crippen LogP contribution in [0.3, 0.4) is 0 Å². The van der Waals surface area contributed by atoms with Crippen molar-refractivity contribution < 1.29 is 27.8 Å². The molecule has 3 rings (SSSR count). The Morgan fingerprint density at radius 2 is 1.91 bits per heavy atom. The lowest BCUT2D eigenvalue weighted by Crippen LogP contribution is -2.30. The lowest BCUT2D eigenvalue weighted by Gasteiger charge is -2.28. The van der Waals surface area contributed by atoms with Crippen LogP contribution >= 0.6 is 0 Å². The van der Waals surface area contributed by atoms with Gasteiger partial charge < -0.3 is 14.4 Å². The first-order valence-electron chi connectivity index (χ1n) is 6.44. The molecule has 1 saturated heterocycles. The van der Waals surface area contributed by atoms with E-state index in [4.69, 9.17) is 9.84 Å². The third-order valence-corrected chi connectivity index (χ3v) is 3.43. The summed E-state index contributed by atoms with van der Waals surface area (Å²) >= 11 is 0. The van der Waals surface area contributed by atoms with Gasteiger partial charge in [-0.2, -0.15) is 13.2 Å². The maximum absolute atomic E-state index is 12.9. The molecule has 22 heavy (non-hydrogen) atoms. The number of hydrogen-bond donors (Lipinski definition) is 1. The summed E-state index contributed by atoms with van der Waals surface area (Å²) in [7, 11) is 0. The minimum Gasteiger partial charge on any atom is -0.478 e. The van der Waals surface area contributed by atoms with Crippen molar-refractivity contribution in [3.8, 4) is 11.4 Å². The zero-order valence-corrected chi connectivity index (χ0v) is 11.2. The second-order valence-corrected chi connectivity index (χ2v) is 4.93. The van der Waals surface area contributed by atoms with E-state index >= 15 is 0 Å². The average molecular weight is 312 g/mol. The second-order valence-electron chi connectivity index (χ2n) is 4.93. The SMILES string of the molecule is O=C(O)c1ccc(-c2nc(C(F)(F)F)cn2C2COC2)cc1. The van der Waals surface area contributed by atoms with Gasteiger partial charge in [0.2, 0.25) is 0 Å². The number of carbonyl (C=O) groups is 1. The Kier molecular flexibility index (Phi) is 3.40. The average Bonchev–Trinajstić information content (AvgIpc) is 2.81. The van der Waals surface area contributed by atoms with Crippen molar-refractivity contribution in [2.45, 2.75) is 12.2 Å². The third-order valence-electron chi connectivity index (χ3n) is 3.43. The summed E-state index contributed by atoms with van der Waals surface area (Å²) in [5.74, 6) is -0.948. The monoisotopic (exact) mass is 312 g/mol. The number of imidazole rings is 1. The summed E-state index contributed by atoms with van der Waals surface area (Å²) in [6, 6.07) is 5.37. The van der Waals surface area contributed by atoms with Crippen LogP contribution in [-0.2, 0) is 10.9 Å². The van der Waals surface area contributed by atoms with Gasteiger partial charge in [-0.15, -0.1) is 0 Å². The minimum absolute atomic E-state index is 0.0601. The van der Waals surface area contributed by atoms with E-state index in [1.807, 2.05) is 0 Å². The molecule has 0 atom stereocenters. The molecule has 116 valence electrons. The molecular weight excluding hydrogens is 301 g/mol. The van der Waals surface area contributed by atoms with Crippen molar-refractivity contribution in [2.24, 2.45) is 0 Å². The van der Waals surface area contributed by atoms with Crippen molar-refractivity contribution in [3.63, 3.8) is 0 Å². The Hall–Kier alpha value is -2.35. The summed E-state index contributed by atoms with van der Waals surface area (Å²) < 4.78 is 45.1. The normalized spacial score (nSPS) is 15.6. The van der Waals surface area contributed by atoms with E-state index in [9.17, 15) is 18.0 Å². The topological polar surface area (TPSA) is 64.3 Å². The number of halogens is 3. The summed E-state index contributed by atoms with van der Waals surface area (Å²) in [5.41, 5.74) is -0.492. The first kappa shape index (κ1) is 14.6. The molecule has 2 heterocycles. The van der Waals surface area contributed by atoms with Crippen molar-refractivity contribution in [1.29, 1.82) is 0 Å². The number of aromatic carboxylic acids is 1. The predicted octanol–water partition coefficient (Wildman–Crippen LogP) is 2.84. The van der Waals surface area contributed by atoms with Crippen LogP contribution in [0.5, 0.6) is 0 Å². The van der Waals surface area contributed by atoms with E-state index in [2.05, 4.69) is 4.98 Å². The number of hydrogen-bond acceptors (Lipinski definition) is 3.